The Labute approximate surface area is 156 Å². The third-order valence-electron chi connectivity index (χ3n) is 3.30. The molecule has 1 heterocycles. The van der Waals surface area contributed by atoms with Crippen molar-refractivity contribution in [3.8, 4) is 0 Å². The fourth-order valence-electron chi connectivity index (χ4n) is 2.06. The molecular weight excluding hydrogens is 406 g/mol. The van der Waals surface area contributed by atoms with Gasteiger partial charge in [0.2, 0.25) is 9.84 Å². The number of hydrogen-bond acceptors (Lipinski definition) is 5. The lowest BCUT2D eigenvalue weighted by Gasteiger charge is -2.07. The van der Waals surface area contributed by atoms with Gasteiger partial charge in [-0.3, -0.25) is 4.79 Å². The third-order valence-corrected chi connectivity index (χ3v) is 6.69. The third kappa shape index (κ3) is 3.59. The van der Waals surface area contributed by atoms with Crippen molar-refractivity contribution in [1.29, 1.82) is 0 Å². The molecule has 5 nitrogen and oxygen atoms in total. The number of rotatable bonds is 4. The molecule has 2 aromatic carbocycles. The zero-order valence-corrected chi connectivity index (χ0v) is 15.1. The smallest absolute Gasteiger partial charge is 0.276 e. The number of sulfone groups is 1. The minimum atomic E-state index is -3.99. The Morgan fingerprint density at radius 1 is 1.08 bits per heavy atom. The van der Waals surface area contributed by atoms with E-state index in [0.717, 1.165) is 29.5 Å². The van der Waals surface area contributed by atoms with E-state index in [-0.39, 0.29) is 20.5 Å². The summed E-state index contributed by atoms with van der Waals surface area (Å²) in [5, 5.41) is 2.66. The summed E-state index contributed by atoms with van der Waals surface area (Å²) >= 11 is 6.53. The first-order valence-electron chi connectivity index (χ1n) is 6.99. The highest BCUT2D eigenvalue weighted by atomic mass is 35.5. The second kappa shape index (κ2) is 7.10. The van der Waals surface area contributed by atoms with E-state index < -0.39 is 27.4 Å². The number of hydrogen-bond donors (Lipinski definition) is 1. The van der Waals surface area contributed by atoms with Gasteiger partial charge in [0.1, 0.15) is 0 Å². The van der Waals surface area contributed by atoms with Crippen LogP contribution in [0, 0.1) is 11.6 Å². The fourth-order valence-corrected chi connectivity index (χ4v) is 4.73. The number of benzene rings is 2. The lowest BCUT2D eigenvalue weighted by molar-refractivity contribution is 0.102. The number of nitrogens with one attached hydrogen (secondary N) is 1. The maximum absolute atomic E-state index is 13.2. The quantitative estimate of drug-likeness (QED) is 0.695. The maximum Gasteiger partial charge on any atom is 0.276 e. The van der Waals surface area contributed by atoms with Crippen LogP contribution in [-0.2, 0) is 9.84 Å². The lowest BCUT2D eigenvalue weighted by Crippen LogP contribution is -2.16. The first-order chi connectivity index (χ1) is 12.3. The maximum atomic E-state index is 13.2. The summed E-state index contributed by atoms with van der Waals surface area (Å²) in [4.78, 5) is 16.1. The van der Waals surface area contributed by atoms with Gasteiger partial charge < -0.3 is 5.32 Å². The van der Waals surface area contributed by atoms with Crippen LogP contribution in [0.25, 0.3) is 0 Å². The Kier molecular flexibility index (Phi) is 5.03. The van der Waals surface area contributed by atoms with E-state index in [9.17, 15) is 22.0 Å². The Morgan fingerprint density at radius 2 is 1.77 bits per heavy atom. The van der Waals surface area contributed by atoms with Crippen molar-refractivity contribution >= 4 is 44.4 Å². The van der Waals surface area contributed by atoms with E-state index >= 15 is 0 Å². The van der Waals surface area contributed by atoms with Crippen molar-refractivity contribution < 1.29 is 22.0 Å². The molecule has 26 heavy (non-hydrogen) atoms. The van der Waals surface area contributed by atoms with Gasteiger partial charge >= 0.3 is 0 Å². The first-order valence-corrected chi connectivity index (χ1v) is 9.73. The van der Waals surface area contributed by atoms with Crippen molar-refractivity contribution in [3.63, 3.8) is 0 Å². The Balaban J connectivity index is 1.93. The molecule has 0 aliphatic carbocycles. The van der Waals surface area contributed by atoms with Crippen LogP contribution in [0.5, 0.6) is 0 Å². The van der Waals surface area contributed by atoms with Gasteiger partial charge in [0.05, 0.1) is 10.4 Å². The van der Waals surface area contributed by atoms with E-state index in [2.05, 4.69) is 10.3 Å². The Morgan fingerprint density at radius 3 is 2.42 bits per heavy atom. The summed E-state index contributed by atoms with van der Waals surface area (Å²) < 4.78 is 51.4. The number of carbonyl (C=O) groups excluding carboxylic acids is 1. The van der Waals surface area contributed by atoms with Gasteiger partial charge in [-0.1, -0.05) is 11.6 Å². The van der Waals surface area contributed by atoms with Crippen molar-refractivity contribution in [1.82, 2.24) is 4.98 Å². The van der Waals surface area contributed by atoms with Crippen LogP contribution in [0.2, 0.25) is 5.02 Å². The van der Waals surface area contributed by atoms with E-state index in [1.165, 1.54) is 29.8 Å². The van der Waals surface area contributed by atoms with Gasteiger partial charge in [0.15, 0.2) is 21.5 Å². The van der Waals surface area contributed by atoms with Gasteiger partial charge in [-0.25, -0.2) is 22.2 Å². The average Bonchev–Trinajstić information content (AvgIpc) is 3.09. The summed E-state index contributed by atoms with van der Waals surface area (Å²) in [6.45, 7) is 0. The zero-order valence-electron chi connectivity index (χ0n) is 12.7. The summed E-state index contributed by atoms with van der Waals surface area (Å²) in [7, 11) is -3.99. The number of aromatic nitrogens is 1. The van der Waals surface area contributed by atoms with E-state index in [0.29, 0.717) is 5.02 Å². The lowest BCUT2D eigenvalue weighted by atomic mass is 10.3. The number of amides is 1. The molecule has 0 spiro atoms. The molecule has 0 atom stereocenters. The SMILES string of the molecule is O=C(Nc1ccc(F)c(F)c1)c1ncsc1S(=O)(=O)c1ccc(Cl)cc1. The average molecular weight is 415 g/mol. The molecule has 0 fully saturated rings. The van der Waals surface area contributed by atoms with E-state index in [1.54, 1.807) is 0 Å². The molecule has 0 unspecified atom stereocenters. The van der Waals surface area contributed by atoms with Gasteiger partial charge in [0.25, 0.3) is 5.91 Å². The predicted molar refractivity (Wildman–Crippen MR) is 93.3 cm³/mol. The molecule has 0 saturated heterocycles. The molecule has 134 valence electrons. The summed E-state index contributed by atoms with van der Waals surface area (Å²) in [6, 6.07) is 8.23. The summed E-state index contributed by atoms with van der Waals surface area (Å²) in [5.41, 5.74) is 0.842. The topological polar surface area (TPSA) is 76.1 Å². The molecule has 0 bridgehead atoms. The first kappa shape index (κ1) is 18.4. The summed E-state index contributed by atoms with van der Waals surface area (Å²) in [6.07, 6.45) is 0. The second-order valence-electron chi connectivity index (χ2n) is 5.03. The molecule has 3 rings (SSSR count). The number of thiazole rings is 1. The van der Waals surface area contributed by atoms with Gasteiger partial charge in [-0.05, 0) is 36.4 Å². The highest BCUT2D eigenvalue weighted by molar-refractivity contribution is 7.93. The highest BCUT2D eigenvalue weighted by Crippen LogP contribution is 2.29. The number of halogens is 3. The van der Waals surface area contributed by atoms with E-state index in [1.807, 2.05) is 0 Å². The molecule has 10 heteroatoms. The van der Waals surface area contributed by atoms with E-state index in [4.69, 9.17) is 11.6 Å². The normalized spacial score (nSPS) is 11.3. The Bertz CT molecular complexity index is 1080. The van der Waals surface area contributed by atoms with Crippen LogP contribution in [0.1, 0.15) is 10.5 Å². The van der Waals surface area contributed by atoms with Gasteiger partial charge in [-0.15, -0.1) is 11.3 Å². The predicted octanol–water partition coefficient (Wildman–Crippen LogP) is 4.16. The molecule has 0 radical (unpaired) electrons. The van der Waals surface area contributed by atoms with Crippen LogP contribution < -0.4 is 5.32 Å². The monoisotopic (exact) mass is 414 g/mol. The highest BCUT2D eigenvalue weighted by Gasteiger charge is 2.27. The van der Waals surface area contributed by atoms with Crippen LogP contribution in [0.3, 0.4) is 0 Å². The molecule has 0 aliphatic rings. The number of carbonyl (C=O) groups is 1. The fraction of sp³-hybridized carbons (Fsp3) is 0. The molecule has 1 aromatic heterocycles. The van der Waals surface area contributed by atoms with Crippen LogP contribution in [0.4, 0.5) is 14.5 Å². The largest absolute Gasteiger partial charge is 0.320 e. The number of nitrogens with zero attached hydrogens (tertiary/aromatic N) is 1. The van der Waals surface area contributed by atoms with Crippen LogP contribution in [0.15, 0.2) is 57.1 Å². The molecule has 3 aromatic rings. The molecule has 0 aliphatic heterocycles. The van der Waals surface area contributed by atoms with Gasteiger partial charge in [0, 0.05) is 16.8 Å². The number of anilines is 1. The Hall–Kier alpha value is -2.36. The van der Waals surface area contributed by atoms with Crippen LogP contribution >= 0.6 is 22.9 Å². The van der Waals surface area contributed by atoms with Crippen molar-refractivity contribution in [2.45, 2.75) is 9.10 Å². The second-order valence-corrected chi connectivity index (χ2v) is 8.46. The van der Waals surface area contributed by atoms with Crippen LogP contribution in [-0.4, -0.2) is 19.3 Å². The van der Waals surface area contributed by atoms with Crippen molar-refractivity contribution in [2.75, 3.05) is 5.32 Å². The van der Waals surface area contributed by atoms with Crippen molar-refractivity contribution in [2.24, 2.45) is 0 Å². The molecule has 1 N–H and O–H groups in total. The standard InChI is InChI=1S/C16H9ClF2N2O3S2/c17-9-1-4-11(5-2-9)26(23,24)16-14(20-8-25-16)15(22)21-10-3-6-12(18)13(19)7-10/h1-8H,(H,21,22). The minimum Gasteiger partial charge on any atom is -0.320 e. The molecule has 1 amide bonds. The molecular formula is C16H9ClF2N2O3S2. The molecule has 0 saturated carbocycles. The van der Waals surface area contributed by atoms with Crippen molar-refractivity contribution in [3.05, 3.63) is 70.3 Å². The summed E-state index contributed by atoms with van der Waals surface area (Å²) in [5.74, 6) is -3.07. The zero-order chi connectivity index (χ0) is 18.9. The van der Waals surface area contributed by atoms with Gasteiger partial charge in [-0.2, -0.15) is 0 Å². The minimum absolute atomic E-state index is 0.0308.